The van der Waals surface area contributed by atoms with Crippen molar-refractivity contribution in [3.8, 4) is 0 Å². The van der Waals surface area contributed by atoms with E-state index in [9.17, 15) is 0 Å². The van der Waals surface area contributed by atoms with E-state index in [4.69, 9.17) is 4.74 Å². The lowest BCUT2D eigenvalue weighted by atomic mass is 9.89. The standard InChI is InChI=1S/C13H22N4O/c1-4-5-14-12-8-13(16-9(2)15-12)17-10-6-11(7-10)18-3/h8,10-11H,4-7H2,1-3H3,(H2,14,15,16,17). The minimum atomic E-state index is 0.406. The van der Waals surface area contributed by atoms with Gasteiger partial charge in [-0.25, -0.2) is 9.97 Å². The summed E-state index contributed by atoms with van der Waals surface area (Å²) >= 11 is 0. The van der Waals surface area contributed by atoms with Gasteiger partial charge < -0.3 is 15.4 Å². The van der Waals surface area contributed by atoms with Crippen LogP contribution in [0, 0.1) is 6.92 Å². The molecule has 5 heteroatoms. The van der Waals surface area contributed by atoms with Gasteiger partial charge in [-0.05, 0) is 26.2 Å². The van der Waals surface area contributed by atoms with Crippen LogP contribution >= 0.6 is 0 Å². The molecule has 0 radical (unpaired) electrons. The highest BCUT2D eigenvalue weighted by atomic mass is 16.5. The van der Waals surface area contributed by atoms with Gasteiger partial charge >= 0.3 is 0 Å². The lowest BCUT2D eigenvalue weighted by Crippen LogP contribution is -2.40. The van der Waals surface area contributed by atoms with Crippen LogP contribution in [0.1, 0.15) is 32.0 Å². The zero-order valence-corrected chi connectivity index (χ0v) is 11.4. The smallest absolute Gasteiger partial charge is 0.132 e. The average molecular weight is 250 g/mol. The largest absolute Gasteiger partial charge is 0.381 e. The van der Waals surface area contributed by atoms with Gasteiger partial charge in [-0.3, -0.25) is 0 Å². The first-order valence-corrected chi connectivity index (χ1v) is 6.60. The van der Waals surface area contributed by atoms with Crippen LogP contribution in [0.25, 0.3) is 0 Å². The number of aryl methyl sites for hydroxylation is 1. The SMILES string of the molecule is CCCNc1cc(NC2CC(OC)C2)nc(C)n1. The molecule has 2 rings (SSSR count). The van der Waals surface area contributed by atoms with Gasteiger partial charge in [0.2, 0.25) is 0 Å². The summed E-state index contributed by atoms with van der Waals surface area (Å²) in [7, 11) is 1.77. The zero-order chi connectivity index (χ0) is 13.0. The molecule has 100 valence electrons. The van der Waals surface area contributed by atoms with Crippen LogP contribution in [-0.2, 0) is 4.74 Å². The number of nitrogens with zero attached hydrogens (tertiary/aromatic N) is 2. The van der Waals surface area contributed by atoms with E-state index in [1.807, 2.05) is 13.0 Å². The van der Waals surface area contributed by atoms with Gasteiger partial charge in [0.15, 0.2) is 0 Å². The normalized spacial score (nSPS) is 22.4. The molecule has 0 atom stereocenters. The average Bonchev–Trinajstić information content (AvgIpc) is 2.30. The zero-order valence-electron chi connectivity index (χ0n) is 11.4. The first kappa shape index (κ1) is 13.1. The fraction of sp³-hybridized carbons (Fsp3) is 0.692. The van der Waals surface area contributed by atoms with E-state index < -0.39 is 0 Å². The summed E-state index contributed by atoms with van der Waals surface area (Å²) in [5, 5.41) is 6.72. The van der Waals surface area contributed by atoms with Crippen LogP contribution in [0.4, 0.5) is 11.6 Å². The van der Waals surface area contributed by atoms with Crippen molar-refractivity contribution >= 4 is 11.6 Å². The van der Waals surface area contributed by atoms with Crippen molar-refractivity contribution in [3.05, 3.63) is 11.9 Å². The Labute approximate surface area is 108 Å². The number of nitrogens with one attached hydrogen (secondary N) is 2. The van der Waals surface area contributed by atoms with E-state index in [2.05, 4.69) is 27.5 Å². The van der Waals surface area contributed by atoms with E-state index in [0.29, 0.717) is 12.1 Å². The minimum Gasteiger partial charge on any atom is -0.381 e. The topological polar surface area (TPSA) is 59.1 Å². The molecule has 1 fully saturated rings. The van der Waals surface area contributed by atoms with Gasteiger partial charge in [0.25, 0.3) is 0 Å². The highest BCUT2D eigenvalue weighted by molar-refractivity contribution is 5.48. The van der Waals surface area contributed by atoms with E-state index >= 15 is 0 Å². The van der Waals surface area contributed by atoms with E-state index in [-0.39, 0.29) is 0 Å². The van der Waals surface area contributed by atoms with Gasteiger partial charge in [-0.2, -0.15) is 0 Å². The van der Waals surface area contributed by atoms with Crippen LogP contribution < -0.4 is 10.6 Å². The first-order valence-electron chi connectivity index (χ1n) is 6.60. The number of aromatic nitrogens is 2. The summed E-state index contributed by atoms with van der Waals surface area (Å²) in [5.41, 5.74) is 0. The quantitative estimate of drug-likeness (QED) is 0.810. The highest BCUT2D eigenvalue weighted by Crippen LogP contribution is 2.26. The Morgan fingerprint density at radius 2 is 2.06 bits per heavy atom. The number of methoxy groups -OCH3 is 1. The molecule has 0 bridgehead atoms. The summed E-state index contributed by atoms with van der Waals surface area (Å²) in [4.78, 5) is 8.78. The molecule has 1 heterocycles. The Hall–Kier alpha value is -1.36. The summed E-state index contributed by atoms with van der Waals surface area (Å²) in [6, 6.07) is 2.45. The van der Waals surface area contributed by atoms with Gasteiger partial charge in [0.05, 0.1) is 6.10 Å². The molecule has 1 aromatic rings. The molecule has 0 spiro atoms. The maximum atomic E-state index is 5.27. The summed E-state index contributed by atoms with van der Waals surface area (Å²) < 4.78 is 5.27. The molecule has 5 nitrogen and oxygen atoms in total. The van der Waals surface area contributed by atoms with Crippen molar-refractivity contribution in [3.63, 3.8) is 0 Å². The third-order valence-electron chi connectivity index (χ3n) is 3.17. The molecule has 0 saturated heterocycles. The molecule has 18 heavy (non-hydrogen) atoms. The van der Waals surface area contributed by atoms with Gasteiger partial charge in [-0.1, -0.05) is 6.92 Å². The molecule has 0 aliphatic heterocycles. The minimum absolute atomic E-state index is 0.406. The number of hydrogen-bond acceptors (Lipinski definition) is 5. The number of anilines is 2. The lowest BCUT2D eigenvalue weighted by molar-refractivity contribution is 0.0328. The van der Waals surface area contributed by atoms with Crippen molar-refractivity contribution in [2.75, 3.05) is 24.3 Å². The second-order valence-electron chi connectivity index (χ2n) is 4.78. The molecule has 1 aromatic heterocycles. The number of ether oxygens (including phenoxy) is 1. The molecule has 1 aliphatic carbocycles. The van der Waals surface area contributed by atoms with Crippen molar-refractivity contribution in [1.82, 2.24) is 9.97 Å². The molecule has 1 saturated carbocycles. The molecular weight excluding hydrogens is 228 g/mol. The second kappa shape index (κ2) is 6.00. The molecule has 1 aliphatic rings. The van der Waals surface area contributed by atoms with Crippen LogP contribution in [0.5, 0.6) is 0 Å². The van der Waals surface area contributed by atoms with Crippen LogP contribution in [0.15, 0.2) is 6.07 Å². The molecule has 0 amide bonds. The van der Waals surface area contributed by atoms with Crippen LogP contribution in [-0.4, -0.2) is 35.8 Å². The fourth-order valence-corrected chi connectivity index (χ4v) is 2.07. The second-order valence-corrected chi connectivity index (χ2v) is 4.78. The lowest BCUT2D eigenvalue weighted by Gasteiger charge is -2.35. The predicted molar refractivity (Wildman–Crippen MR) is 73.0 cm³/mol. The molecule has 0 aromatic carbocycles. The van der Waals surface area contributed by atoms with Gasteiger partial charge in [-0.15, -0.1) is 0 Å². The molecule has 0 unspecified atom stereocenters. The van der Waals surface area contributed by atoms with Crippen molar-refractivity contribution < 1.29 is 4.74 Å². The Morgan fingerprint density at radius 3 is 2.72 bits per heavy atom. The molecule has 2 N–H and O–H groups in total. The van der Waals surface area contributed by atoms with E-state index in [1.165, 1.54) is 0 Å². The highest BCUT2D eigenvalue weighted by Gasteiger charge is 2.29. The Balaban J connectivity index is 1.93. The maximum Gasteiger partial charge on any atom is 0.132 e. The first-order chi connectivity index (χ1) is 8.71. The third-order valence-corrected chi connectivity index (χ3v) is 3.17. The monoisotopic (exact) mass is 250 g/mol. The predicted octanol–water partition coefficient (Wildman–Crippen LogP) is 2.20. The van der Waals surface area contributed by atoms with Crippen LogP contribution in [0.3, 0.4) is 0 Å². The Bertz CT molecular complexity index is 391. The van der Waals surface area contributed by atoms with Gasteiger partial charge in [0.1, 0.15) is 17.5 Å². The Morgan fingerprint density at radius 1 is 1.33 bits per heavy atom. The van der Waals surface area contributed by atoms with Crippen molar-refractivity contribution in [2.45, 2.75) is 45.3 Å². The summed E-state index contributed by atoms with van der Waals surface area (Å²) in [5.74, 6) is 2.59. The summed E-state index contributed by atoms with van der Waals surface area (Å²) in [6.07, 6.45) is 3.60. The maximum absolute atomic E-state index is 5.27. The molecular formula is C13H22N4O. The van der Waals surface area contributed by atoms with Gasteiger partial charge in [0, 0.05) is 25.8 Å². The van der Waals surface area contributed by atoms with E-state index in [0.717, 1.165) is 43.3 Å². The van der Waals surface area contributed by atoms with E-state index in [1.54, 1.807) is 7.11 Å². The van der Waals surface area contributed by atoms with Crippen molar-refractivity contribution in [2.24, 2.45) is 0 Å². The number of hydrogen-bond donors (Lipinski definition) is 2. The van der Waals surface area contributed by atoms with Crippen LogP contribution in [0.2, 0.25) is 0 Å². The number of rotatable bonds is 6. The Kier molecular flexibility index (Phi) is 4.36. The fourth-order valence-electron chi connectivity index (χ4n) is 2.07. The van der Waals surface area contributed by atoms with Crippen molar-refractivity contribution in [1.29, 1.82) is 0 Å². The summed E-state index contributed by atoms with van der Waals surface area (Å²) in [6.45, 7) is 4.99. The third kappa shape index (κ3) is 3.32.